The topological polar surface area (TPSA) is 0 Å². The maximum atomic E-state index is 3.79. The van der Waals surface area contributed by atoms with Crippen LogP contribution < -0.4 is 0 Å². The summed E-state index contributed by atoms with van der Waals surface area (Å²) in [5.74, 6) is 0. The second-order valence-corrected chi connectivity index (χ2v) is 1.27. The van der Waals surface area contributed by atoms with Crippen LogP contribution in [0.5, 0.6) is 0 Å². The van der Waals surface area contributed by atoms with Crippen molar-refractivity contribution in [3.8, 4) is 0 Å². The van der Waals surface area contributed by atoms with Crippen LogP contribution in [0.15, 0.2) is 24.1 Å². The molecule has 0 aromatic heterocycles. The number of allylic oxidation sites excluding steroid dienone is 1. The maximum Gasteiger partial charge on any atom is -0.00379 e. The SMILES string of the molecule is C=CC(=C)S. The first-order valence-corrected chi connectivity index (χ1v) is 1.72. The quantitative estimate of drug-likeness (QED) is 0.364. The Morgan fingerprint density at radius 2 is 2.00 bits per heavy atom. The van der Waals surface area contributed by atoms with E-state index in [1.54, 1.807) is 6.08 Å². The molecular weight excluding hydrogens is 80.1 g/mol. The molecule has 0 saturated heterocycles. The number of hydrogen-bond acceptors (Lipinski definition) is 1. The Bertz CT molecular complexity index is 54.7. The van der Waals surface area contributed by atoms with Crippen molar-refractivity contribution in [2.75, 3.05) is 0 Å². The lowest BCUT2D eigenvalue weighted by Crippen LogP contribution is -1.43. The van der Waals surface area contributed by atoms with Crippen molar-refractivity contribution >= 4 is 12.6 Å². The molecule has 1 heteroatoms. The average molecular weight is 86.2 g/mol. The molecule has 0 spiro atoms. The smallest absolute Gasteiger partial charge is 0.00379 e. The molecule has 0 aliphatic carbocycles. The standard InChI is InChI=1S/C4H6S/c1-3-4(2)5/h3,5H,1-2H2. The summed E-state index contributed by atoms with van der Waals surface area (Å²) in [6, 6.07) is 0. The van der Waals surface area contributed by atoms with Crippen molar-refractivity contribution in [3.05, 3.63) is 24.1 Å². The van der Waals surface area contributed by atoms with E-state index < -0.39 is 0 Å². The van der Waals surface area contributed by atoms with Crippen LogP contribution in [0.25, 0.3) is 0 Å². The third-order valence-corrected chi connectivity index (χ3v) is 0.418. The van der Waals surface area contributed by atoms with Gasteiger partial charge >= 0.3 is 0 Å². The minimum absolute atomic E-state index is 0.713. The van der Waals surface area contributed by atoms with E-state index in [1.807, 2.05) is 0 Å². The van der Waals surface area contributed by atoms with Crippen molar-refractivity contribution < 1.29 is 0 Å². The number of rotatable bonds is 1. The lowest BCUT2D eigenvalue weighted by Gasteiger charge is -1.70. The summed E-state index contributed by atoms with van der Waals surface area (Å²) in [5, 5.41) is 0. The zero-order valence-electron chi connectivity index (χ0n) is 2.94. The van der Waals surface area contributed by atoms with Crippen molar-refractivity contribution in [1.29, 1.82) is 0 Å². The summed E-state index contributed by atoms with van der Waals surface area (Å²) in [6.07, 6.45) is 1.59. The fraction of sp³-hybridized carbons (Fsp3) is 0. The third kappa shape index (κ3) is 3.83. The lowest BCUT2D eigenvalue weighted by atomic mass is 10.6. The fourth-order valence-corrected chi connectivity index (χ4v) is 0. The monoisotopic (exact) mass is 86.0 g/mol. The van der Waals surface area contributed by atoms with Gasteiger partial charge in [-0.25, -0.2) is 0 Å². The molecule has 0 heterocycles. The van der Waals surface area contributed by atoms with E-state index >= 15 is 0 Å². The van der Waals surface area contributed by atoms with Crippen molar-refractivity contribution in [2.24, 2.45) is 0 Å². The zero-order chi connectivity index (χ0) is 4.28. The van der Waals surface area contributed by atoms with Gasteiger partial charge in [0.15, 0.2) is 0 Å². The van der Waals surface area contributed by atoms with Crippen LogP contribution in [0.4, 0.5) is 0 Å². The molecule has 0 unspecified atom stereocenters. The Hall–Kier alpha value is -0.170. The van der Waals surface area contributed by atoms with Gasteiger partial charge in [0.05, 0.1) is 0 Å². The van der Waals surface area contributed by atoms with Crippen LogP contribution in [-0.4, -0.2) is 0 Å². The largest absolute Gasteiger partial charge is 0.144 e. The average Bonchev–Trinajstić information content (AvgIpc) is 1.38. The lowest BCUT2D eigenvalue weighted by molar-refractivity contribution is 2.07. The van der Waals surface area contributed by atoms with Crippen LogP contribution in [0.2, 0.25) is 0 Å². The molecule has 0 aliphatic heterocycles. The predicted octanol–water partition coefficient (Wildman–Crippen LogP) is 1.62. The normalized spacial score (nSPS) is 6.60. The first kappa shape index (κ1) is 4.83. The second kappa shape index (κ2) is 2.09. The van der Waals surface area contributed by atoms with E-state index in [0.29, 0.717) is 4.91 Å². The Kier molecular flexibility index (Phi) is 2.02. The van der Waals surface area contributed by atoms with E-state index in [4.69, 9.17) is 0 Å². The van der Waals surface area contributed by atoms with E-state index in [2.05, 4.69) is 25.8 Å². The summed E-state index contributed by atoms with van der Waals surface area (Å²) < 4.78 is 0. The zero-order valence-corrected chi connectivity index (χ0v) is 3.83. The molecule has 0 aromatic carbocycles. The van der Waals surface area contributed by atoms with Gasteiger partial charge in [0.2, 0.25) is 0 Å². The third-order valence-electron chi connectivity index (χ3n) is 0.236. The molecule has 0 amide bonds. The molecule has 0 saturated carbocycles. The van der Waals surface area contributed by atoms with Gasteiger partial charge in [0, 0.05) is 0 Å². The van der Waals surface area contributed by atoms with Gasteiger partial charge in [0.1, 0.15) is 0 Å². The van der Waals surface area contributed by atoms with E-state index in [1.165, 1.54) is 0 Å². The van der Waals surface area contributed by atoms with Gasteiger partial charge in [-0.15, -0.1) is 12.6 Å². The predicted molar refractivity (Wildman–Crippen MR) is 28.3 cm³/mol. The molecule has 0 bridgehead atoms. The van der Waals surface area contributed by atoms with Crippen molar-refractivity contribution in [2.45, 2.75) is 0 Å². The second-order valence-electron chi connectivity index (χ2n) is 0.695. The number of thiol groups is 1. The summed E-state index contributed by atoms with van der Waals surface area (Å²) in [4.78, 5) is 0.713. The highest BCUT2D eigenvalue weighted by Crippen LogP contribution is 1.91. The maximum absolute atomic E-state index is 3.79. The Balaban J connectivity index is 3.20. The highest BCUT2D eigenvalue weighted by Gasteiger charge is 1.60. The van der Waals surface area contributed by atoms with Gasteiger partial charge in [-0.05, 0) is 4.91 Å². The minimum Gasteiger partial charge on any atom is -0.144 e. The molecule has 28 valence electrons. The van der Waals surface area contributed by atoms with Gasteiger partial charge in [0.25, 0.3) is 0 Å². The minimum atomic E-state index is 0.713. The van der Waals surface area contributed by atoms with Gasteiger partial charge in [-0.2, -0.15) is 0 Å². The molecule has 0 radical (unpaired) electrons. The van der Waals surface area contributed by atoms with Crippen LogP contribution in [0.3, 0.4) is 0 Å². The molecule has 5 heavy (non-hydrogen) atoms. The van der Waals surface area contributed by atoms with Gasteiger partial charge in [-0.1, -0.05) is 19.2 Å². The first-order valence-electron chi connectivity index (χ1n) is 1.27. The number of hydrogen-bond donors (Lipinski definition) is 1. The summed E-state index contributed by atoms with van der Waals surface area (Å²) in [7, 11) is 0. The Morgan fingerprint density at radius 1 is 1.80 bits per heavy atom. The van der Waals surface area contributed by atoms with Crippen LogP contribution in [-0.2, 0) is 0 Å². The molecule has 0 N–H and O–H groups in total. The van der Waals surface area contributed by atoms with Crippen LogP contribution >= 0.6 is 12.6 Å². The highest BCUT2D eigenvalue weighted by molar-refractivity contribution is 7.84. The van der Waals surface area contributed by atoms with Crippen LogP contribution in [0, 0.1) is 0 Å². The Morgan fingerprint density at radius 3 is 2.00 bits per heavy atom. The molecule has 0 atom stereocenters. The molecule has 0 aliphatic rings. The fourth-order valence-electron chi connectivity index (χ4n) is 0. The van der Waals surface area contributed by atoms with E-state index in [-0.39, 0.29) is 0 Å². The Labute approximate surface area is 37.6 Å². The van der Waals surface area contributed by atoms with Gasteiger partial charge < -0.3 is 0 Å². The molecular formula is C4H6S. The first-order chi connectivity index (χ1) is 2.27. The molecule has 0 rings (SSSR count). The molecule has 0 fully saturated rings. The van der Waals surface area contributed by atoms with Crippen LogP contribution in [0.1, 0.15) is 0 Å². The molecule has 0 aromatic rings. The van der Waals surface area contributed by atoms with Crippen molar-refractivity contribution in [1.82, 2.24) is 0 Å². The van der Waals surface area contributed by atoms with Gasteiger partial charge in [-0.3, -0.25) is 0 Å². The van der Waals surface area contributed by atoms with E-state index in [9.17, 15) is 0 Å². The summed E-state index contributed by atoms with van der Waals surface area (Å²) >= 11 is 3.79. The summed E-state index contributed by atoms with van der Waals surface area (Å²) in [5.41, 5.74) is 0. The molecule has 0 nitrogen and oxygen atoms in total. The summed E-state index contributed by atoms with van der Waals surface area (Å²) in [6.45, 7) is 6.80. The van der Waals surface area contributed by atoms with E-state index in [0.717, 1.165) is 0 Å². The van der Waals surface area contributed by atoms with Crippen molar-refractivity contribution in [3.63, 3.8) is 0 Å². The highest BCUT2D eigenvalue weighted by atomic mass is 32.1.